The maximum Gasteiger partial charge on any atom is 0.251 e. The standard InChI is InChI=1S/C14H13ClN2O2/c1-10-2-5-12(6-3-10)16-13(18)9-17-8-11(15)4-7-14(17)19/h2-8H,9H2,1H3,(H,16,18). The van der Waals surface area contributed by atoms with Crippen molar-refractivity contribution in [3.05, 3.63) is 63.5 Å². The second kappa shape index (κ2) is 5.71. The molecule has 2 aromatic rings. The molecule has 0 fully saturated rings. The number of nitrogens with zero attached hydrogens (tertiary/aromatic N) is 1. The molecule has 1 heterocycles. The largest absolute Gasteiger partial charge is 0.325 e. The van der Waals surface area contributed by atoms with Gasteiger partial charge in [-0.25, -0.2) is 0 Å². The first-order valence-corrected chi connectivity index (χ1v) is 6.15. The number of anilines is 1. The molecule has 0 bridgehead atoms. The van der Waals surface area contributed by atoms with Gasteiger partial charge in [-0.2, -0.15) is 0 Å². The number of nitrogens with one attached hydrogen (secondary N) is 1. The van der Waals surface area contributed by atoms with Crippen LogP contribution in [-0.4, -0.2) is 10.5 Å². The molecule has 0 aliphatic rings. The number of hydrogen-bond donors (Lipinski definition) is 1. The molecule has 98 valence electrons. The third-order valence-electron chi connectivity index (χ3n) is 2.60. The predicted molar refractivity (Wildman–Crippen MR) is 75.5 cm³/mol. The molecule has 0 saturated heterocycles. The fourth-order valence-electron chi connectivity index (χ4n) is 1.62. The Morgan fingerprint density at radius 1 is 1.21 bits per heavy atom. The molecule has 1 aromatic carbocycles. The molecule has 2 rings (SSSR count). The van der Waals surface area contributed by atoms with Crippen molar-refractivity contribution < 1.29 is 4.79 Å². The maximum atomic E-state index is 11.8. The first-order chi connectivity index (χ1) is 9.04. The van der Waals surface area contributed by atoms with E-state index in [1.807, 2.05) is 31.2 Å². The molecule has 4 nitrogen and oxygen atoms in total. The van der Waals surface area contributed by atoms with Gasteiger partial charge >= 0.3 is 0 Å². The van der Waals surface area contributed by atoms with Crippen molar-refractivity contribution >= 4 is 23.2 Å². The summed E-state index contributed by atoms with van der Waals surface area (Å²) in [6, 6.07) is 10.3. The van der Waals surface area contributed by atoms with Gasteiger partial charge in [-0.1, -0.05) is 29.3 Å². The van der Waals surface area contributed by atoms with Crippen LogP contribution < -0.4 is 10.9 Å². The lowest BCUT2D eigenvalue weighted by atomic mass is 10.2. The van der Waals surface area contributed by atoms with Crippen molar-refractivity contribution in [2.45, 2.75) is 13.5 Å². The highest BCUT2D eigenvalue weighted by Gasteiger charge is 2.05. The number of amides is 1. The Bertz CT molecular complexity index is 647. The van der Waals surface area contributed by atoms with Gasteiger partial charge in [-0.05, 0) is 25.1 Å². The molecular formula is C14H13ClN2O2. The van der Waals surface area contributed by atoms with E-state index in [0.29, 0.717) is 10.7 Å². The van der Waals surface area contributed by atoms with Crippen LogP contribution in [0.1, 0.15) is 5.56 Å². The lowest BCUT2D eigenvalue weighted by Crippen LogP contribution is -2.26. The van der Waals surface area contributed by atoms with E-state index in [1.165, 1.54) is 22.9 Å². The second-order valence-electron chi connectivity index (χ2n) is 4.23. The maximum absolute atomic E-state index is 11.8. The van der Waals surface area contributed by atoms with E-state index in [4.69, 9.17) is 11.6 Å². The Hall–Kier alpha value is -2.07. The summed E-state index contributed by atoms with van der Waals surface area (Å²) in [5, 5.41) is 3.14. The van der Waals surface area contributed by atoms with Gasteiger partial charge in [0.05, 0.1) is 5.02 Å². The molecule has 19 heavy (non-hydrogen) atoms. The molecule has 1 aromatic heterocycles. The van der Waals surface area contributed by atoms with Crippen LogP contribution in [0.25, 0.3) is 0 Å². The Morgan fingerprint density at radius 3 is 2.58 bits per heavy atom. The first kappa shape index (κ1) is 13.4. The molecule has 0 unspecified atom stereocenters. The minimum absolute atomic E-state index is 0.0622. The number of aromatic nitrogens is 1. The van der Waals surface area contributed by atoms with Crippen molar-refractivity contribution in [3.8, 4) is 0 Å². The molecule has 5 heteroatoms. The number of rotatable bonds is 3. The molecule has 1 amide bonds. The molecule has 0 aliphatic heterocycles. The van der Waals surface area contributed by atoms with Gasteiger partial charge in [-0.15, -0.1) is 0 Å². The van der Waals surface area contributed by atoms with Gasteiger partial charge < -0.3 is 9.88 Å². The summed E-state index contributed by atoms with van der Waals surface area (Å²) in [7, 11) is 0. The number of carbonyl (C=O) groups is 1. The van der Waals surface area contributed by atoms with E-state index in [-0.39, 0.29) is 18.0 Å². The van der Waals surface area contributed by atoms with E-state index in [9.17, 15) is 9.59 Å². The molecule has 0 saturated carbocycles. The van der Waals surface area contributed by atoms with E-state index < -0.39 is 0 Å². The summed E-state index contributed by atoms with van der Waals surface area (Å²) in [5.74, 6) is -0.270. The number of aryl methyl sites for hydroxylation is 1. The summed E-state index contributed by atoms with van der Waals surface area (Å²) in [6.07, 6.45) is 1.44. The van der Waals surface area contributed by atoms with Crippen molar-refractivity contribution in [3.63, 3.8) is 0 Å². The van der Waals surface area contributed by atoms with Crippen LogP contribution in [-0.2, 0) is 11.3 Å². The summed E-state index contributed by atoms with van der Waals surface area (Å²) in [6.45, 7) is 1.91. The minimum atomic E-state index is -0.270. The average molecular weight is 277 g/mol. The number of pyridine rings is 1. The Labute approximate surface area is 115 Å². The highest BCUT2D eigenvalue weighted by atomic mass is 35.5. The highest BCUT2D eigenvalue weighted by molar-refractivity contribution is 6.30. The highest BCUT2D eigenvalue weighted by Crippen LogP contribution is 2.09. The van der Waals surface area contributed by atoms with Gasteiger partial charge in [0.2, 0.25) is 5.91 Å². The van der Waals surface area contributed by atoms with Crippen LogP contribution in [0.2, 0.25) is 5.02 Å². The summed E-state index contributed by atoms with van der Waals surface area (Å²) >= 11 is 5.79. The van der Waals surface area contributed by atoms with Gasteiger partial charge in [0.1, 0.15) is 6.54 Å². The quantitative estimate of drug-likeness (QED) is 0.936. The van der Waals surface area contributed by atoms with Crippen LogP contribution >= 0.6 is 11.6 Å². The predicted octanol–water partition coefficient (Wildman–Crippen LogP) is 2.45. The SMILES string of the molecule is Cc1ccc(NC(=O)Cn2cc(Cl)ccc2=O)cc1. The fourth-order valence-corrected chi connectivity index (χ4v) is 1.80. The van der Waals surface area contributed by atoms with Crippen molar-refractivity contribution in [2.24, 2.45) is 0 Å². The van der Waals surface area contributed by atoms with Crippen molar-refractivity contribution in [1.82, 2.24) is 4.57 Å². The van der Waals surface area contributed by atoms with Crippen molar-refractivity contribution in [1.29, 1.82) is 0 Å². The molecular weight excluding hydrogens is 264 g/mol. The Morgan fingerprint density at radius 2 is 1.89 bits per heavy atom. The van der Waals surface area contributed by atoms with Crippen molar-refractivity contribution in [2.75, 3.05) is 5.32 Å². The monoisotopic (exact) mass is 276 g/mol. The zero-order valence-corrected chi connectivity index (χ0v) is 11.1. The van der Waals surface area contributed by atoms with Gasteiger partial charge in [0, 0.05) is 18.0 Å². The van der Waals surface area contributed by atoms with Gasteiger partial charge in [-0.3, -0.25) is 9.59 Å². The van der Waals surface area contributed by atoms with Crippen LogP contribution in [0, 0.1) is 6.92 Å². The zero-order valence-electron chi connectivity index (χ0n) is 10.4. The minimum Gasteiger partial charge on any atom is -0.325 e. The third kappa shape index (κ3) is 3.69. The van der Waals surface area contributed by atoms with Crippen LogP contribution in [0.3, 0.4) is 0 Å². The molecule has 0 aliphatic carbocycles. The van der Waals surface area contributed by atoms with Crippen LogP contribution in [0.15, 0.2) is 47.4 Å². The summed E-state index contributed by atoms with van der Waals surface area (Å²) in [4.78, 5) is 23.3. The van der Waals surface area contributed by atoms with Gasteiger partial charge in [0.15, 0.2) is 0 Å². The fraction of sp³-hybridized carbons (Fsp3) is 0.143. The molecule has 0 atom stereocenters. The number of benzene rings is 1. The topological polar surface area (TPSA) is 51.1 Å². The molecule has 0 radical (unpaired) electrons. The smallest absolute Gasteiger partial charge is 0.251 e. The Kier molecular flexibility index (Phi) is 4.02. The second-order valence-corrected chi connectivity index (χ2v) is 4.66. The van der Waals surface area contributed by atoms with Crippen LogP contribution in [0.4, 0.5) is 5.69 Å². The first-order valence-electron chi connectivity index (χ1n) is 5.77. The molecule has 1 N–H and O–H groups in total. The van der Waals surface area contributed by atoms with E-state index in [2.05, 4.69) is 5.32 Å². The van der Waals surface area contributed by atoms with E-state index in [0.717, 1.165) is 5.56 Å². The average Bonchev–Trinajstić information content (AvgIpc) is 2.37. The third-order valence-corrected chi connectivity index (χ3v) is 2.82. The zero-order chi connectivity index (χ0) is 13.8. The van der Waals surface area contributed by atoms with E-state index in [1.54, 1.807) is 0 Å². The number of carbonyl (C=O) groups excluding carboxylic acids is 1. The summed E-state index contributed by atoms with van der Waals surface area (Å²) in [5.41, 5.74) is 1.55. The normalized spacial score (nSPS) is 10.2. The number of halogens is 1. The van der Waals surface area contributed by atoms with Gasteiger partial charge in [0.25, 0.3) is 5.56 Å². The van der Waals surface area contributed by atoms with Crippen LogP contribution in [0.5, 0.6) is 0 Å². The molecule has 0 spiro atoms. The number of hydrogen-bond acceptors (Lipinski definition) is 2. The summed E-state index contributed by atoms with van der Waals surface area (Å²) < 4.78 is 1.27. The van der Waals surface area contributed by atoms with E-state index >= 15 is 0 Å². The Balaban J connectivity index is 2.07. The lowest BCUT2D eigenvalue weighted by molar-refractivity contribution is -0.116. The lowest BCUT2D eigenvalue weighted by Gasteiger charge is -2.07.